The maximum atomic E-state index is 15.7. The van der Waals surface area contributed by atoms with Gasteiger partial charge in [0, 0.05) is 55.8 Å². The number of rotatable bonds is 16. The highest BCUT2D eigenvalue weighted by atomic mass is 32.1. The van der Waals surface area contributed by atoms with E-state index in [1.807, 2.05) is 6.07 Å². The van der Waals surface area contributed by atoms with Crippen molar-refractivity contribution in [3.05, 3.63) is 109 Å². The lowest BCUT2D eigenvalue weighted by Gasteiger charge is -2.24. The van der Waals surface area contributed by atoms with Crippen LogP contribution in [0.25, 0.3) is 66.8 Å². The van der Waals surface area contributed by atoms with E-state index in [2.05, 4.69) is 32.0 Å². The summed E-state index contributed by atoms with van der Waals surface area (Å²) in [5, 5.41) is 17.5. The second-order valence-corrected chi connectivity index (χ2v) is 22.0. The summed E-state index contributed by atoms with van der Waals surface area (Å²) < 4.78 is 126. The quantitative estimate of drug-likeness (QED) is 0.0262. The van der Waals surface area contributed by atoms with E-state index in [1.165, 1.54) is 29.1 Å². The van der Waals surface area contributed by atoms with Gasteiger partial charge in [0.15, 0.2) is 47.3 Å². The van der Waals surface area contributed by atoms with Crippen LogP contribution in [0, 0.1) is 34.6 Å². The summed E-state index contributed by atoms with van der Waals surface area (Å²) in [6.07, 6.45) is 10.4. The lowest BCUT2D eigenvalue weighted by Crippen LogP contribution is -2.20. The Bertz CT molecular complexity index is 3280. The maximum Gasteiger partial charge on any atom is 0.346 e. The van der Waals surface area contributed by atoms with Crippen LogP contribution in [0.4, 0.5) is 35.1 Å². The molecule has 0 fully saturated rings. The van der Waals surface area contributed by atoms with E-state index < -0.39 is 75.4 Å². The van der Waals surface area contributed by atoms with Gasteiger partial charge in [-0.1, -0.05) is 64.5 Å². The number of benzene rings is 1. The number of nitrogens with zero attached hydrogens (tertiary/aromatic N) is 2. The highest BCUT2D eigenvalue weighted by Gasteiger charge is 2.44. The van der Waals surface area contributed by atoms with E-state index in [4.69, 9.17) is 0 Å². The average Bonchev–Trinajstić information content (AvgIpc) is 4.18. The maximum absolute atomic E-state index is 15.7. The number of aliphatic carboxylic acids is 1. The lowest BCUT2D eigenvalue weighted by molar-refractivity contribution is -0.132. The third-order valence-electron chi connectivity index (χ3n) is 12.3. The van der Waals surface area contributed by atoms with E-state index in [0.29, 0.717) is 9.44 Å². The number of carboxylic acids is 1. The molecule has 2 aliphatic carbocycles. The van der Waals surface area contributed by atoms with E-state index in [-0.39, 0.29) is 23.6 Å². The first kappa shape index (κ1) is 47.2. The molecule has 0 spiro atoms. The standard InChI is InChI=1S/C50H40F8N2O2S5/c1-3-5-7-9-11-24-19-31(47-25(12-10-8-6-4-2)18-29(65-47)30-21-33-49(66-30)48-32(64-33)20-28(63-48)17-26(22-59)50(61)62)67-46(24)23-13-15-27(16-14-23)60-44-34(36(51)38(53)40(55)42(44)57)35-37(52)39(54)41(56)43(58)45(35)60/h13,15-21,23,40,42H,3-12,14H2,1-2H3,(H,61,62)/b26-17+. The van der Waals surface area contributed by atoms with Crippen LogP contribution in [0.1, 0.15) is 116 Å². The molecule has 6 heterocycles. The minimum atomic E-state index is -3.15. The van der Waals surface area contributed by atoms with Gasteiger partial charge in [-0.15, -0.1) is 56.7 Å². The van der Waals surface area contributed by atoms with Crippen molar-refractivity contribution in [2.45, 2.75) is 103 Å². The number of hydrogen-bond acceptors (Lipinski definition) is 7. The Morgan fingerprint density at radius 2 is 1.43 bits per heavy atom. The molecule has 0 saturated heterocycles. The zero-order chi connectivity index (χ0) is 47.4. The summed E-state index contributed by atoms with van der Waals surface area (Å²) >= 11 is 8.15. The molecule has 0 amide bonds. The van der Waals surface area contributed by atoms with Gasteiger partial charge in [-0.2, -0.15) is 5.26 Å². The molecule has 67 heavy (non-hydrogen) atoms. The van der Waals surface area contributed by atoms with Gasteiger partial charge >= 0.3 is 5.97 Å². The molecule has 17 heteroatoms. The van der Waals surface area contributed by atoms with Gasteiger partial charge in [-0.05, 0) is 79.6 Å². The molecule has 2 aliphatic rings. The number of hydrogen-bond donors (Lipinski definition) is 1. The number of carbonyl (C=O) groups is 1. The van der Waals surface area contributed by atoms with Crippen molar-refractivity contribution in [2.24, 2.45) is 0 Å². The first-order valence-corrected chi connectivity index (χ1v) is 26.0. The third-order valence-corrected chi connectivity index (χ3v) is 18.9. The number of nitriles is 1. The van der Waals surface area contributed by atoms with Crippen molar-refractivity contribution in [3.63, 3.8) is 0 Å². The fraction of sp³-hybridized carbons (Fsp3) is 0.320. The van der Waals surface area contributed by atoms with Crippen LogP contribution in [-0.2, 0) is 17.6 Å². The number of thiophene rings is 5. The topological polar surface area (TPSA) is 66.0 Å². The molecule has 0 radical (unpaired) electrons. The zero-order valence-corrected chi connectivity index (χ0v) is 40.0. The molecule has 9 rings (SSSR count). The Morgan fingerprint density at radius 1 is 0.776 bits per heavy atom. The molecule has 0 saturated carbocycles. The number of carboxylic acid groups (broad SMARTS) is 1. The smallest absolute Gasteiger partial charge is 0.346 e. The van der Waals surface area contributed by atoms with Crippen LogP contribution in [0.5, 0.6) is 0 Å². The van der Waals surface area contributed by atoms with Crippen molar-refractivity contribution < 1.29 is 45.0 Å². The van der Waals surface area contributed by atoms with Crippen LogP contribution >= 0.6 is 56.7 Å². The van der Waals surface area contributed by atoms with Crippen LogP contribution in [0.2, 0.25) is 0 Å². The van der Waals surface area contributed by atoms with Crippen LogP contribution < -0.4 is 0 Å². The molecule has 0 aliphatic heterocycles. The number of unbranched alkanes of at least 4 members (excludes halogenated alkanes) is 6. The first-order valence-electron chi connectivity index (χ1n) is 22.0. The predicted octanol–water partition coefficient (Wildman–Crippen LogP) is 17.9. The van der Waals surface area contributed by atoms with Crippen molar-refractivity contribution in [2.75, 3.05) is 0 Å². The van der Waals surface area contributed by atoms with Crippen LogP contribution in [-0.4, -0.2) is 21.8 Å². The Labute approximate surface area is 400 Å². The Kier molecular flexibility index (Phi) is 13.6. The molecular formula is C50H40F8N2O2S5. The summed E-state index contributed by atoms with van der Waals surface area (Å²) in [6, 6.07) is 10.4. The molecule has 348 valence electrons. The Morgan fingerprint density at radius 3 is 2.10 bits per heavy atom. The summed E-state index contributed by atoms with van der Waals surface area (Å²) in [4.78, 5) is 17.7. The number of fused-ring (bicyclic) bond motifs is 6. The molecule has 6 aromatic heterocycles. The fourth-order valence-electron chi connectivity index (χ4n) is 8.97. The minimum absolute atomic E-state index is 0.0640. The largest absolute Gasteiger partial charge is 0.477 e. The van der Waals surface area contributed by atoms with E-state index in [1.54, 1.807) is 63.6 Å². The van der Waals surface area contributed by atoms with Gasteiger partial charge in [-0.25, -0.2) is 39.9 Å². The highest BCUT2D eigenvalue weighted by molar-refractivity contribution is 7.40. The zero-order valence-electron chi connectivity index (χ0n) is 35.9. The molecule has 0 bridgehead atoms. The second-order valence-electron chi connectivity index (χ2n) is 16.7. The summed E-state index contributed by atoms with van der Waals surface area (Å²) in [5.74, 6) is -14.3. The molecule has 4 nitrogen and oxygen atoms in total. The minimum Gasteiger partial charge on any atom is -0.477 e. The lowest BCUT2D eigenvalue weighted by atomic mass is 9.93. The third kappa shape index (κ3) is 8.44. The molecule has 1 N–H and O–H groups in total. The molecule has 7 aromatic rings. The Balaban J connectivity index is 1.09. The highest BCUT2D eigenvalue weighted by Crippen LogP contribution is 2.53. The molecular weight excluding hydrogens is 973 g/mol. The fourth-order valence-corrected chi connectivity index (χ4v) is 15.7. The summed E-state index contributed by atoms with van der Waals surface area (Å²) in [5.41, 5.74) is -1.26. The monoisotopic (exact) mass is 1010 g/mol. The van der Waals surface area contributed by atoms with Gasteiger partial charge in [0.25, 0.3) is 0 Å². The molecule has 1 aromatic carbocycles. The second kappa shape index (κ2) is 19.3. The average molecular weight is 1010 g/mol. The predicted molar refractivity (Wildman–Crippen MR) is 259 cm³/mol. The van der Waals surface area contributed by atoms with E-state index in [0.717, 1.165) is 113 Å². The van der Waals surface area contributed by atoms with Crippen molar-refractivity contribution in [1.82, 2.24) is 4.57 Å². The number of aryl methyl sites for hydroxylation is 2. The SMILES string of the molecule is CCCCCCc1cc(-c2cc3sc4cc(/C=C(\C#N)C(=O)O)sc4c3s2)sc1-c1cc(CCCCCC)c(C2C=CC(n3c4c(c5c(F)c(F)c(F)c(F)c53)C(F)=C(F)C(F)C4F)=CC2)s1. The van der Waals surface area contributed by atoms with Crippen LogP contribution in [0.15, 0.2) is 53.9 Å². The summed E-state index contributed by atoms with van der Waals surface area (Å²) in [6.45, 7) is 4.31. The van der Waals surface area contributed by atoms with Gasteiger partial charge in [0.2, 0.25) is 0 Å². The van der Waals surface area contributed by atoms with Gasteiger partial charge < -0.3 is 9.67 Å². The van der Waals surface area contributed by atoms with Crippen molar-refractivity contribution in [3.8, 4) is 25.6 Å². The molecule has 3 unspecified atom stereocenters. The van der Waals surface area contributed by atoms with E-state index in [9.17, 15) is 32.7 Å². The number of allylic oxidation sites excluding steroid dienone is 5. The normalized spacial score (nSPS) is 17.7. The summed E-state index contributed by atoms with van der Waals surface area (Å²) in [7, 11) is 0. The first-order chi connectivity index (χ1) is 32.3. The number of alkyl halides is 2. The van der Waals surface area contributed by atoms with Crippen molar-refractivity contribution in [1.29, 1.82) is 5.26 Å². The van der Waals surface area contributed by atoms with Crippen LogP contribution in [0.3, 0.4) is 0 Å². The van der Waals surface area contributed by atoms with Gasteiger partial charge in [0.05, 0.1) is 26.0 Å². The number of aromatic nitrogens is 1. The number of halogens is 8. The van der Waals surface area contributed by atoms with Gasteiger partial charge in [-0.3, -0.25) is 0 Å². The van der Waals surface area contributed by atoms with Gasteiger partial charge in [0.1, 0.15) is 11.6 Å². The van der Waals surface area contributed by atoms with Crippen molar-refractivity contribution >= 4 is 110 Å². The Hall–Kier alpha value is -4.86. The van der Waals surface area contributed by atoms with E-state index >= 15 is 17.6 Å². The molecule has 3 atom stereocenters.